The summed E-state index contributed by atoms with van der Waals surface area (Å²) in [5, 5.41) is 14.3. The van der Waals surface area contributed by atoms with Crippen LogP contribution < -0.4 is 11.1 Å². The third-order valence-corrected chi connectivity index (χ3v) is 2.46. The molecular weight excluding hydrogens is 222 g/mol. The average Bonchev–Trinajstić information content (AvgIpc) is 2.26. The van der Waals surface area contributed by atoms with Gasteiger partial charge >= 0.3 is 0 Å². The third-order valence-electron chi connectivity index (χ3n) is 2.46. The van der Waals surface area contributed by atoms with Gasteiger partial charge in [0.25, 0.3) is 0 Å². The molecule has 1 amide bonds. The van der Waals surface area contributed by atoms with E-state index in [2.05, 4.69) is 10.5 Å². The number of oxime groups is 1. The van der Waals surface area contributed by atoms with E-state index in [-0.39, 0.29) is 23.6 Å². The van der Waals surface area contributed by atoms with Crippen LogP contribution in [-0.4, -0.2) is 37.2 Å². The predicted octanol–water partition coefficient (Wildman–Crippen LogP) is 0.404. The molecule has 0 spiro atoms. The zero-order valence-electron chi connectivity index (χ0n) is 10.9. The predicted molar refractivity (Wildman–Crippen MR) is 65.8 cm³/mol. The van der Waals surface area contributed by atoms with Crippen LogP contribution >= 0.6 is 0 Å². The Morgan fingerprint density at radius 1 is 1.47 bits per heavy atom. The minimum absolute atomic E-state index is 0.0244. The summed E-state index contributed by atoms with van der Waals surface area (Å²) in [6.07, 6.45) is 0. The Hall–Kier alpha value is -1.30. The highest BCUT2D eigenvalue weighted by atomic mass is 16.5. The molecule has 0 rings (SSSR count). The Balaban J connectivity index is 4.35. The van der Waals surface area contributed by atoms with Crippen molar-refractivity contribution in [1.82, 2.24) is 5.32 Å². The van der Waals surface area contributed by atoms with Crippen molar-refractivity contribution in [1.29, 1.82) is 0 Å². The molecule has 2 atom stereocenters. The minimum atomic E-state index is -0.602. The van der Waals surface area contributed by atoms with E-state index in [1.54, 1.807) is 7.11 Å². The molecule has 0 aliphatic heterocycles. The number of hydrogen-bond acceptors (Lipinski definition) is 4. The van der Waals surface area contributed by atoms with Gasteiger partial charge in [-0.05, 0) is 11.8 Å². The highest BCUT2D eigenvalue weighted by molar-refractivity contribution is 6.02. The van der Waals surface area contributed by atoms with Gasteiger partial charge in [0.2, 0.25) is 5.91 Å². The Bertz CT molecular complexity index is 267. The summed E-state index contributed by atoms with van der Waals surface area (Å²) in [7, 11) is 1.62. The smallest absolute Gasteiger partial charge is 0.231 e. The van der Waals surface area contributed by atoms with E-state index in [1.807, 2.05) is 20.8 Å². The van der Waals surface area contributed by atoms with E-state index in [0.717, 1.165) is 0 Å². The molecule has 4 N–H and O–H groups in total. The Labute approximate surface area is 102 Å². The number of carbonyl (C=O) groups is 1. The van der Waals surface area contributed by atoms with Crippen molar-refractivity contribution in [3.05, 3.63) is 0 Å². The maximum Gasteiger partial charge on any atom is 0.231 e. The lowest BCUT2D eigenvalue weighted by Gasteiger charge is -2.20. The SMILES string of the molecule is COCC(C)CNC(=O)C(C(N)=NO)C(C)C. The van der Waals surface area contributed by atoms with E-state index in [0.29, 0.717) is 13.2 Å². The van der Waals surface area contributed by atoms with Crippen LogP contribution in [0.15, 0.2) is 5.16 Å². The van der Waals surface area contributed by atoms with Gasteiger partial charge < -0.3 is 21.0 Å². The number of rotatable bonds is 7. The number of ether oxygens (including phenoxy) is 1. The van der Waals surface area contributed by atoms with Crippen LogP contribution in [0, 0.1) is 17.8 Å². The molecule has 2 unspecified atom stereocenters. The Kier molecular flexibility index (Phi) is 7.29. The van der Waals surface area contributed by atoms with Crippen molar-refractivity contribution in [2.75, 3.05) is 20.3 Å². The van der Waals surface area contributed by atoms with Crippen molar-refractivity contribution in [3.8, 4) is 0 Å². The molecule has 0 saturated heterocycles. The standard InChI is InChI=1S/C11H23N3O3/c1-7(2)9(10(12)14-16)11(15)13-5-8(3)6-17-4/h7-9,16H,5-6H2,1-4H3,(H2,12,14)(H,13,15). The van der Waals surface area contributed by atoms with Gasteiger partial charge in [-0.1, -0.05) is 25.9 Å². The number of nitrogens with two attached hydrogens (primary N) is 1. The highest BCUT2D eigenvalue weighted by Gasteiger charge is 2.26. The van der Waals surface area contributed by atoms with Gasteiger partial charge in [-0.2, -0.15) is 0 Å². The van der Waals surface area contributed by atoms with Gasteiger partial charge in [-0.15, -0.1) is 0 Å². The first-order valence-corrected chi connectivity index (χ1v) is 5.68. The molecule has 0 aromatic rings. The van der Waals surface area contributed by atoms with Crippen LogP contribution in [0.25, 0.3) is 0 Å². The first-order chi connectivity index (χ1) is 7.93. The monoisotopic (exact) mass is 245 g/mol. The van der Waals surface area contributed by atoms with Crippen LogP contribution in [0.1, 0.15) is 20.8 Å². The van der Waals surface area contributed by atoms with E-state index < -0.39 is 5.92 Å². The summed E-state index contributed by atoms with van der Waals surface area (Å²) in [6, 6.07) is 0. The molecule has 17 heavy (non-hydrogen) atoms. The summed E-state index contributed by atoms with van der Waals surface area (Å²) >= 11 is 0. The van der Waals surface area contributed by atoms with Crippen molar-refractivity contribution in [2.24, 2.45) is 28.6 Å². The molecule has 0 aromatic heterocycles. The number of amides is 1. The maximum absolute atomic E-state index is 11.9. The Morgan fingerprint density at radius 3 is 2.47 bits per heavy atom. The van der Waals surface area contributed by atoms with Crippen molar-refractivity contribution >= 4 is 11.7 Å². The van der Waals surface area contributed by atoms with Crippen LogP contribution in [0.5, 0.6) is 0 Å². The molecule has 0 saturated carbocycles. The highest BCUT2D eigenvalue weighted by Crippen LogP contribution is 2.11. The molecule has 0 radical (unpaired) electrons. The molecule has 0 aromatic carbocycles. The van der Waals surface area contributed by atoms with E-state index in [1.165, 1.54) is 0 Å². The average molecular weight is 245 g/mol. The van der Waals surface area contributed by atoms with Crippen LogP contribution in [0.3, 0.4) is 0 Å². The first kappa shape index (κ1) is 15.7. The van der Waals surface area contributed by atoms with Crippen molar-refractivity contribution in [3.63, 3.8) is 0 Å². The first-order valence-electron chi connectivity index (χ1n) is 5.68. The van der Waals surface area contributed by atoms with Gasteiger partial charge in [0.15, 0.2) is 5.84 Å². The number of hydrogen-bond donors (Lipinski definition) is 3. The topological polar surface area (TPSA) is 96.9 Å². The van der Waals surface area contributed by atoms with Gasteiger partial charge in [-0.25, -0.2) is 0 Å². The quantitative estimate of drug-likeness (QED) is 0.262. The van der Waals surface area contributed by atoms with Crippen LogP contribution in [-0.2, 0) is 9.53 Å². The van der Waals surface area contributed by atoms with E-state index in [4.69, 9.17) is 15.7 Å². The van der Waals surface area contributed by atoms with Crippen LogP contribution in [0.4, 0.5) is 0 Å². The molecular formula is C11H23N3O3. The molecule has 6 nitrogen and oxygen atoms in total. The maximum atomic E-state index is 11.9. The molecule has 6 heteroatoms. The van der Waals surface area contributed by atoms with Gasteiger partial charge in [0, 0.05) is 13.7 Å². The molecule has 100 valence electrons. The zero-order chi connectivity index (χ0) is 13.4. The van der Waals surface area contributed by atoms with Crippen LogP contribution in [0.2, 0.25) is 0 Å². The summed E-state index contributed by atoms with van der Waals surface area (Å²) in [5.74, 6) is -0.683. The number of nitrogens with zero attached hydrogens (tertiary/aromatic N) is 1. The zero-order valence-corrected chi connectivity index (χ0v) is 10.9. The fraction of sp³-hybridized carbons (Fsp3) is 0.818. The Morgan fingerprint density at radius 2 is 2.06 bits per heavy atom. The summed E-state index contributed by atoms with van der Waals surface area (Å²) in [6.45, 7) is 6.75. The van der Waals surface area contributed by atoms with Gasteiger partial charge in [-0.3, -0.25) is 4.79 Å². The molecule has 0 fully saturated rings. The third kappa shape index (κ3) is 5.53. The fourth-order valence-corrected chi connectivity index (χ4v) is 1.57. The summed E-state index contributed by atoms with van der Waals surface area (Å²) < 4.78 is 4.97. The van der Waals surface area contributed by atoms with E-state index >= 15 is 0 Å². The molecule has 0 aliphatic rings. The van der Waals surface area contributed by atoms with Crippen molar-refractivity contribution < 1.29 is 14.7 Å². The second kappa shape index (κ2) is 7.89. The number of carbonyl (C=O) groups excluding carboxylic acids is 1. The lowest BCUT2D eigenvalue weighted by Crippen LogP contribution is -2.43. The molecule has 0 heterocycles. The molecule has 0 aliphatic carbocycles. The number of methoxy groups -OCH3 is 1. The second-order valence-corrected chi connectivity index (χ2v) is 4.55. The fourth-order valence-electron chi connectivity index (χ4n) is 1.57. The lowest BCUT2D eigenvalue weighted by atomic mass is 9.93. The summed E-state index contributed by atoms with van der Waals surface area (Å²) in [4.78, 5) is 11.9. The number of amidine groups is 1. The normalized spacial score (nSPS) is 15.7. The lowest BCUT2D eigenvalue weighted by molar-refractivity contribution is -0.124. The molecule has 0 bridgehead atoms. The van der Waals surface area contributed by atoms with Crippen molar-refractivity contribution in [2.45, 2.75) is 20.8 Å². The second-order valence-electron chi connectivity index (χ2n) is 4.55. The summed E-state index contributed by atoms with van der Waals surface area (Å²) in [5.41, 5.74) is 5.50. The largest absolute Gasteiger partial charge is 0.409 e. The van der Waals surface area contributed by atoms with E-state index in [9.17, 15) is 4.79 Å². The van der Waals surface area contributed by atoms with Gasteiger partial charge in [0.05, 0.1) is 6.61 Å². The number of nitrogens with one attached hydrogen (secondary N) is 1. The van der Waals surface area contributed by atoms with Gasteiger partial charge in [0.1, 0.15) is 5.92 Å². The minimum Gasteiger partial charge on any atom is -0.409 e.